The van der Waals surface area contributed by atoms with Gasteiger partial charge in [-0.3, -0.25) is 9.59 Å². The summed E-state index contributed by atoms with van der Waals surface area (Å²) in [5.74, 6) is -0.341. The van der Waals surface area contributed by atoms with Crippen LogP contribution in [0.5, 0.6) is 0 Å². The maximum atomic E-state index is 12.4. The molecule has 1 atom stereocenters. The number of hydrogen-bond acceptors (Lipinski definition) is 4. The molecule has 2 aliphatic heterocycles. The fourth-order valence-electron chi connectivity index (χ4n) is 3.62. The highest BCUT2D eigenvalue weighted by Gasteiger charge is 2.32. The molecule has 6 nitrogen and oxygen atoms in total. The standard InChI is InChI=1S/C19H26N2O4/c1-13(11-19(3)24-8-9-25-19)12-20-18(23)16-4-5-17-15(10-16)6-7-21(17)14(2)22/h4-5,10,13H,6-9,11-12H2,1-3H3,(H,20,23)/t13-/m0/s1. The Morgan fingerprint density at radius 2 is 2.04 bits per heavy atom. The first-order chi connectivity index (χ1) is 11.9. The summed E-state index contributed by atoms with van der Waals surface area (Å²) in [6, 6.07) is 5.54. The summed E-state index contributed by atoms with van der Waals surface area (Å²) in [4.78, 5) is 25.8. The molecule has 1 saturated heterocycles. The van der Waals surface area contributed by atoms with Crippen molar-refractivity contribution >= 4 is 17.5 Å². The lowest BCUT2D eigenvalue weighted by atomic mass is 10.0. The molecule has 2 heterocycles. The number of anilines is 1. The molecule has 136 valence electrons. The number of carbonyl (C=O) groups is 2. The van der Waals surface area contributed by atoms with Gasteiger partial charge in [0.15, 0.2) is 5.79 Å². The molecule has 1 aromatic carbocycles. The van der Waals surface area contributed by atoms with Gasteiger partial charge in [0.25, 0.3) is 5.91 Å². The number of amides is 2. The Bertz CT molecular complexity index is 667. The van der Waals surface area contributed by atoms with Crippen LogP contribution in [0.15, 0.2) is 18.2 Å². The second-order valence-corrected chi connectivity index (χ2v) is 7.11. The molecule has 0 bridgehead atoms. The SMILES string of the molecule is CC(=O)N1CCc2cc(C(=O)NC[C@@H](C)CC3(C)OCCO3)ccc21. The van der Waals surface area contributed by atoms with Gasteiger partial charge >= 0.3 is 0 Å². The van der Waals surface area contributed by atoms with Crippen LogP contribution in [-0.2, 0) is 20.7 Å². The first-order valence-corrected chi connectivity index (χ1v) is 8.85. The van der Waals surface area contributed by atoms with E-state index in [-0.39, 0.29) is 17.7 Å². The van der Waals surface area contributed by atoms with Crippen molar-refractivity contribution in [2.45, 2.75) is 39.4 Å². The van der Waals surface area contributed by atoms with Crippen molar-refractivity contribution in [3.63, 3.8) is 0 Å². The smallest absolute Gasteiger partial charge is 0.251 e. The lowest BCUT2D eigenvalue weighted by Crippen LogP contribution is -2.34. The maximum absolute atomic E-state index is 12.4. The number of nitrogens with one attached hydrogen (secondary N) is 1. The van der Waals surface area contributed by atoms with Crippen LogP contribution in [0.4, 0.5) is 5.69 Å². The van der Waals surface area contributed by atoms with Gasteiger partial charge in [-0.15, -0.1) is 0 Å². The molecule has 1 N–H and O–H groups in total. The van der Waals surface area contributed by atoms with Gasteiger partial charge in [0.1, 0.15) is 0 Å². The minimum absolute atomic E-state index is 0.0367. The van der Waals surface area contributed by atoms with Gasteiger partial charge in [0.2, 0.25) is 5.91 Å². The van der Waals surface area contributed by atoms with Crippen molar-refractivity contribution in [3.8, 4) is 0 Å². The molecular formula is C19H26N2O4. The lowest BCUT2D eigenvalue weighted by Gasteiger charge is -2.26. The van der Waals surface area contributed by atoms with Crippen molar-refractivity contribution in [2.24, 2.45) is 5.92 Å². The Labute approximate surface area is 148 Å². The summed E-state index contributed by atoms with van der Waals surface area (Å²) >= 11 is 0. The van der Waals surface area contributed by atoms with E-state index in [4.69, 9.17) is 9.47 Å². The van der Waals surface area contributed by atoms with Crippen LogP contribution in [0.25, 0.3) is 0 Å². The molecule has 0 saturated carbocycles. The Kier molecular flexibility index (Phi) is 5.11. The summed E-state index contributed by atoms with van der Waals surface area (Å²) in [5.41, 5.74) is 2.60. The molecule has 0 unspecified atom stereocenters. The number of benzene rings is 1. The molecule has 0 radical (unpaired) electrons. The Balaban J connectivity index is 1.56. The van der Waals surface area contributed by atoms with Crippen LogP contribution in [-0.4, -0.2) is 43.9 Å². The third kappa shape index (κ3) is 4.02. The van der Waals surface area contributed by atoms with E-state index in [0.717, 1.165) is 24.1 Å². The molecular weight excluding hydrogens is 320 g/mol. The predicted molar refractivity (Wildman–Crippen MR) is 94.6 cm³/mol. The molecule has 0 aromatic heterocycles. The summed E-state index contributed by atoms with van der Waals surface area (Å²) in [6.07, 6.45) is 1.53. The van der Waals surface area contributed by atoms with E-state index < -0.39 is 5.79 Å². The molecule has 3 rings (SSSR count). The minimum atomic E-state index is -0.534. The summed E-state index contributed by atoms with van der Waals surface area (Å²) < 4.78 is 11.2. The quantitative estimate of drug-likeness (QED) is 0.887. The highest BCUT2D eigenvalue weighted by Crippen LogP contribution is 2.29. The fourth-order valence-corrected chi connectivity index (χ4v) is 3.62. The van der Waals surface area contributed by atoms with Crippen LogP contribution >= 0.6 is 0 Å². The second-order valence-electron chi connectivity index (χ2n) is 7.11. The van der Waals surface area contributed by atoms with E-state index in [1.807, 2.05) is 19.1 Å². The van der Waals surface area contributed by atoms with Crippen LogP contribution in [0.3, 0.4) is 0 Å². The number of rotatable bonds is 5. The average molecular weight is 346 g/mol. The monoisotopic (exact) mass is 346 g/mol. The van der Waals surface area contributed by atoms with E-state index >= 15 is 0 Å². The van der Waals surface area contributed by atoms with Crippen LogP contribution < -0.4 is 10.2 Å². The molecule has 0 spiro atoms. The molecule has 25 heavy (non-hydrogen) atoms. The van der Waals surface area contributed by atoms with Crippen molar-refractivity contribution in [1.29, 1.82) is 0 Å². The topological polar surface area (TPSA) is 67.9 Å². The highest BCUT2D eigenvalue weighted by atomic mass is 16.7. The van der Waals surface area contributed by atoms with Crippen molar-refractivity contribution in [1.82, 2.24) is 5.32 Å². The van der Waals surface area contributed by atoms with Gasteiger partial charge in [-0.1, -0.05) is 6.92 Å². The van der Waals surface area contributed by atoms with Crippen molar-refractivity contribution in [2.75, 3.05) is 31.2 Å². The second kappa shape index (κ2) is 7.14. The zero-order valence-corrected chi connectivity index (χ0v) is 15.1. The summed E-state index contributed by atoms with van der Waals surface area (Å²) in [7, 11) is 0. The van der Waals surface area contributed by atoms with Gasteiger partial charge in [-0.2, -0.15) is 0 Å². The van der Waals surface area contributed by atoms with E-state index in [2.05, 4.69) is 12.2 Å². The third-order valence-corrected chi connectivity index (χ3v) is 4.85. The normalized spacial score (nSPS) is 19.6. The minimum Gasteiger partial charge on any atom is -0.352 e. The molecule has 6 heteroatoms. The van der Waals surface area contributed by atoms with Crippen LogP contribution in [0, 0.1) is 5.92 Å². The van der Waals surface area contributed by atoms with Gasteiger partial charge in [-0.05, 0) is 43.0 Å². The van der Waals surface area contributed by atoms with Gasteiger partial charge in [-0.25, -0.2) is 0 Å². The number of carbonyl (C=O) groups excluding carboxylic acids is 2. The third-order valence-electron chi connectivity index (χ3n) is 4.85. The largest absolute Gasteiger partial charge is 0.352 e. The Hall–Kier alpha value is -1.92. The highest BCUT2D eigenvalue weighted by molar-refractivity contribution is 5.97. The fraction of sp³-hybridized carbons (Fsp3) is 0.579. The average Bonchev–Trinajstić information content (AvgIpc) is 3.18. The number of ether oxygens (including phenoxy) is 2. The number of fused-ring (bicyclic) bond motifs is 1. The van der Waals surface area contributed by atoms with E-state index in [1.165, 1.54) is 0 Å². The summed E-state index contributed by atoms with van der Waals surface area (Å²) in [5, 5.41) is 2.98. The van der Waals surface area contributed by atoms with E-state index in [9.17, 15) is 9.59 Å². The first kappa shape index (κ1) is 17.9. The molecule has 2 aliphatic rings. The zero-order chi connectivity index (χ0) is 18.0. The Morgan fingerprint density at radius 1 is 1.32 bits per heavy atom. The van der Waals surface area contributed by atoms with Gasteiger partial charge in [0, 0.05) is 37.7 Å². The lowest BCUT2D eigenvalue weighted by molar-refractivity contribution is -0.153. The number of nitrogens with zero attached hydrogens (tertiary/aromatic N) is 1. The van der Waals surface area contributed by atoms with Crippen LogP contribution in [0.1, 0.15) is 43.1 Å². The van der Waals surface area contributed by atoms with E-state index in [0.29, 0.717) is 31.9 Å². The predicted octanol–water partition coefficient (Wildman–Crippen LogP) is 2.11. The van der Waals surface area contributed by atoms with Gasteiger partial charge < -0.3 is 19.7 Å². The van der Waals surface area contributed by atoms with E-state index in [1.54, 1.807) is 17.9 Å². The van der Waals surface area contributed by atoms with Gasteiger partial charge in [0.05, 0.1) is 13.2 Å². The molecule has 1 fully saturated rings. The van der Waals surface area contributed by atoms with Crippen molar-refractivity contribution < 1.29 is 19.1 Å². The molecule has 2 amide bonds. The number of hydrogen-bond donors (Lipinski definition) is 1. The van der Waals surface area contributed by atoms with Crippen molar-refractivity contribution in [3.05, 3.63) is 29.3 Å². The Morgan fingerprint density at radius 3 is 2.72 bits per heavy atom. The summed E-state index contributed by atoms with van der Waals surface area (Å²) in [6.45, 7) is 8.09. The molecule has 0 aliphatic carbocycles. The zero-order valence-electron chi connectivity index (χ0n) is 15.1. The molecule has 1 aromatic rings. The van der Waals surface area contributed by atoms with Crippen LogP contribution in [0.2, 0.25) is 0 Å². The maximum Gasteiger partial charge on any atom is 0.251 e. The first-order valence-electron chi connectivity index (χ1n) is 8.85.